The van der Waals surface area contributed by atoms with E-state index in [1.165, 1.54) is 6.07 Å². The third-order valence-corrected chi connectivity index (χ3v) is 3.33. The number of nitro benzene ring substituents is 1. The zero-order valence-electron chi connectivity index (χ0n) is 10.9. The molecule has 0 amide bonds. The molecule has 0 fully saturated rings. The smallest absolute Gasteiger partial charge is 0.316 e. The molecule has 0 aliphatic carbocycles. The topological polar surface area (TPSA) is 111 Å². The highest BCUT2D eigenvalue weighted by atomic mass is 16.7. The molecule has 0 atom stereocenters. The molecular formula is C14H7N3O5. The van der Waals surface area contributed by atoms with Gasteiger partial charge in [0.2, 0.25) is 5.75 Å². The van der Waals surface area contributed by atoms with Crippen LogP contribution in [-0.4, -0.2) is 4.92 Å². The Balaban J connectivity index is 2.48. The number of nitro groups is 1. The Morgan fingerprint density at radius 2 is 1.68 bits per heavy atom. The predicted octanol–water partition coefficient (Wildman–Crippen LogP) is 4.36. The van der Waals surface area contributed by atoms with Crippen LogP contribution < -0.4 is 4.84 Å². The molecule has 8 heteroatoms. The summed E-state index contributed by atoms with van der Waals surface area (Å²) in [7, 11) is 0. The SMILES string of the molecule is O=NOc1cc2cc3ccccc3cc2c(N=O)c1[N+](=O)[O-]. The van der Waals surface area contributed by atoms with Crippen LogP contribution in [0.4, 0.5) is 11.4 Å². The molecule has 0 N–H and O–H groups in total. The molecule has 0 saturated carbocycles. The third-order valence-electron chi connectivity index (χ3n) is 3.33. The van der Waals surface area contributed by atoms with Gasteiger partial charge < -0.3 is 4.84 Å². The van der Waals surface area contributed by atoms with E-state index in [2.05, 4.69) is 15.4 Å². The minimum Gasteiger partial charge on any atom is -0.316 e. The fourth-order valence-electron chi connectivity index (χ4n) is 2.41. The Kier molecular flexibility index (Phi) is 3.18. The molecule has 0 saturated heterocycles. The van der Waals surface area contributed by atoms with Gasteiger partial charge in [-0.2, -0.15) is 0 Å². The largest absolute Gasteiger partial charge is 0.344 e. The molecule has 3 aromatic carbocycles. The van der Waals surface area contributed by atoms with Crippen molar-refractivity contribution in [3.8, 4) is 5.75 Å². The van der Waals surface area contributed by atoms with E-state index >= 15 is 0 Å². The van der Waals surface area contributed by atoms with Crippen LogP contribution in [0.2, 0.25) is 0 Å². The first-order chi connectivity index (χ1) is 10.7. The first kappa shape index (κ1) is 13.6. The van der Waals surface area contributed by atoms with Crippen molar-refractivity contribution in [1.82, 2.24) is 0 Å². The van der Waals surface area contributed by atoms with Crippen molar-refractivity contribution in [1.29, 1.82) is 0 Å². The minimum atomic E-state index is -0.828. The fourth-order valence-corrected chi connectivity index (χ4v) is 2.41. The van der Waals surface area contributed by atoms with E-state index in [0.717, 1.165) is 10.8 Å². The van der Waals surface area contributed by atoms with E-state index in [-0.39, 0.29) is 0 Å². The Morgan fingerprint density at radius 3 is 2.27 bits per heavy atom. The Morgan fingerprint density at radius 1 is 1.00 bits per heavy atom. The molecule has 22 heavy (non-hydrogen) atoms. The van der Waals surface area contributed by atoms with Gasteiger partial charge in [-0.3, -0.25) is 10.1 Å². The van der Waals surface area contributed by atoms with Crippen LogP contribution in [0.5, 0.6) is 5.75 Å². The molecule has 0 aliphatic heterocycles. The number of rotatable bonds is 4. The van der Waals surface area contributed by atoms with Crippen molar-refractivity contribution in [3.05, 3.63) is 62.4 Å². The van der Waals surface area contributed by atoms with Crippen LogP contribution in [-0.2, 0) is 0 Å². The van der Waals surface area contributed by atoms with Gasteiger partial charge in [0.05, 0.1) is 4.92 Å². The van der Waals surface area contributed by atoms with Gasteiger partial charge in [-0.15, -0.1) is 9.81 Å². The quantitative estimate of drug-likeness (QED) is 0.307. The van der Waals surface area contributed by atoms with E-state index in [9.17, 15) is 19.9 Å². The van der Waals surface area contributed by atoms with Crippen molar-refractivity contribution in [3.63, 3.8) is 0 Å². The summed E-state index contributed by atoms with van der Waals surface area (Å²) in [6.45, 7) is 0. The van der Waals surface area contributed by atoms with Gasteiger partial charge in [-0.05, 0) is 39.5 Å². The molecule has 0 aliphatic rings. The molecule has 0 spiro atoms. The molecule has 8 nitrogen and oxygen atoms in total. The maximum atomic E-state index is 11.2. The van der Waals surface area contributed by atoms with Gasteiger partial charge in [0.25, 0.3) is 0 Å². The summed E-state index contributed by atoms with van der Waals surface area (Å²) in [4.78, 5) is 36.1. The summed E-state index contributed by atoms with van der Waals surface area (Å²) in [5, 5.41) is 18.6. The molecule has 0 unspecified atom stereocenters. The molecule has 0 bridgehead atoms. The van der Waals surface area contributed by atoms with Crippen LogP contribution in [0.1, 0.15) is 0 Å². The number of hydrogen-bond donors (Lipinski definition) is 0. The van der Waals surface area contributed by atoms with Crippen molar-refractivity contribution in [2.24, 2.45) is 10.5 Å². The molecule has 3 aromatic rings. The molecule has 3 rings (SSSR count). The van der Waals surface area contributed by atoms with E-state index < -0.39 is 22.0 Å². The number of nitrogens with zero attached hydrogens (tertiary/aromatic N) is 3. The van der Waals surface area contributed by atoms with Crippen molar-refractivity contribution in [2.75, 3.05) is 0 Å². The van der Waals surface area contributed by atoms with Crippen molar-refractivity contribution >= 4 is 32.9 Å². The highest BCUT2D eigenvalue weighted by Crippen LogP contribution is 2.44. The Bertz CT molecular complexity index is 939. The lowest BCUT2D eigenvalue weighted by atomic mass is 10.0. The standard InChI is InChI=1S/C14H7N3O5/c18-15-13-11-6-9-4-2-1-3-8(9)5-10(11)7-12(22-16-19)14(13)17(20)21/h1-7H. The number of fused-ring (bicyclic) bond motifs is 2. The van der Waals surface area contributed by atoms with Gasteiger partial charge >= 0.3 is 5.69 Å². The first-order valence-electron chi connectivity index (χ1n) is 6.12. The zero-order valence-corrected chi connectivity index (χ0v) is 10.9. The summed E-state index contributed by atoms with van der Waals surface area (Å²) in [6, 6.07) is 12.0. The maximum absolute atomic E-state index is 11.2. The second kappa shape index (κ2) is 5.17. The average molecular weight is 297 g/mol. The van der Waals surface area contributed by atoms with Gasteiger partial charge in [0, 0.05) is 5.39 Å². The molecule has 0 aromatic heterocycles. The second-order valence-electron chi connectivity index (χ2n) is 4.51. The van der Waals surface area contributed by atoms with Crippen LogP contribution in [0.25, 0.3) is 21.5 Å². The molecule has 0 heterocycles. The average Bonchev–Trinajstić information content (AvgIpc) is 2.51. The lowest BCUT2D eigenvalue weighted by Crippen LogP contribution is -1.94. The molecule has 108 valence electrons. The van der Waals surface area contributed by atoms with Crippen LogP contribution in [0.15, 0.2) is 53.0 Å². The number of hydrogen-bond acceptors (Lipinski definition) is 7. The summed E-state index contributed by atoms with van der Waals surface area (Å²) >= 11 is 0. The lowest BCUT2D eigenvalue weighted by molar-refractivity contribution is -0.385. The third kappa shape index (κ3) is 2.03. The highest BCUT2D eigenvalue weighted by molar-refractivity contribution is 6.06. The monoisotopic (exact) mass is 297 g/mol. The van der Waals surface area contributed by atoms with E-state index in [1.54, 1.807) is 12.1 Å². The fraction of sp³-hybridized carbons (Fsp3) is 0. The van der Waals surface area contributed by atoms with Crippen molar-refractivity contribution < 1.29 is 9.76 Å². The molecular weight excluding hydrogens is 290 g/mol. The summed E-state index contributed by atoms with van der Waals surface area (Å²) in [6.07, 6.45) is 0. The first-order valence-corrected chi connectivity index (χ1v) is 6.12. The number of nitroso groups, excluding NO2 is 1. The van der Waals surface area contributed by atoms with Gasteiger partial charge in [-0.25, -0.2) is 0 Å². The minimum absolute atomic E-state index is 0.304. The maximum Gasteiger partial charge on any atom is 0.344 e. The van der Waals surface area contributed by atoms with Gasteiger partial charge in [0.15, 0.2) is 11.0 Å². The lowest BCUT2D eigenvalue weighted by Gasteiger charge is -2.06. The van der Waals surface area contributed by atoms with Crippen molar-refractivity contribution in [2.45, 2.75) is 0 Å². The Labute approximate surface area is 122 Å². The number of benzene rings is 3. The van der Waals surface area contributed by atoms with E-state index in [4.69, 9.17) is 0 Å². The predicted molar refractivity (Wildman–Crippen MR) is 80.0 cm³/mol. The summed E-state index contributed by atoms with van der Waals surface area (Å²) in [5.74, 6) is -0.419. The van der Waals surface area contributed by atoms with Gasteiger partial charge in [0.1, 0.15) is 0 Å². The normalized spacial score (nSPS) is 10.5. The van der Waals surface area contributed by atoms with Crippen LogP contribution in [0.3, 0.4) is 0 Å². The zero-order chi connectivity index (χ0) is 15.7. The summed E-state index contributed by atoms with van der Waals surface area (Å²) in [5.41, 5.74) is -1.08. The second-order valence-corrected chi connectivity index (χ2v) is 4.51. The van der Waals surface area contributed by atoms with E-state index in [1.807, 2.05) is 24.3 Å². The van der Waals surface area contributed by atoms with Crippen LogP contribution >= 0.6 is 0 Å². The highest BCUT2D eigenvalue weighted by Gasteiger charge is 2.26. The van der Waals surface area contributed by atoms with Crippen LogP contribution in [0, 0.1) is 19.9 Å². The van der Waals surface area contributed by atoms with E-state index in [0.29, 0.717) is 10.8 Å². The molecule has 0 radical (unpaired) electrons. The Hall–Kier alpha value is -3.42. The van der Waals surface area contributed by atoms with Gasteiger partial charge in [-0.1, -0.05) is 24.3 Å². The summed E-state index contributed by atoms with van der Waals surface area (Å²) < 4.78 is 0.